The number of hydrogen-bond acceptors (Lipinski definition) is 2. The zero-order valence-electron chi connectivity index (χ0n) is 10.6. The molecule has 0 fully saturated rings. The second kappa shape index (κ2) is 5.61. The maximum absolute atomic E-state index is 12.4. The fourth-order valence-electron chi connectivity index (χ4n) is 1.56. The molecule has 0 unspecified atom stereocenters. The van der Waals surface area contributed by atoms with Crippen LogP contribution in [0.25, 0.3) is 0 Å². The number of halogens is 3. The fourth-order valence-corrected chi connectivity index (χ4v) is 1.56. The number of anilines is 1. The molecular weight excluding hydrogens is 241 g/mol. The standard InChI is InChI=1S/C13H19F3N2/c1-3-12(17,4-2)9-18-11-7-5-10(6-8-11)13(14,15)16/h5-8,18H,3-4,9,17H2,1-2H3. The highest BCUT2D eigenvalue weighted by Crippen LogP contribution is 2.29. The first-order valence-electron chi connectivity index (χ1n) is 6.01. The summed E-state index contributed by atoms with van der Waals surface area (Å²) in [5.41, 5.74) is 5.80. The van der Waals surface area contributed by atoms with Gasteiger partial charge < -0.3 is 11.1 Å². The number of rotatable bonds is 5. The summed E-state index contributed by atoms with van der Waals surface area (Å²) in [5.74, 6) is 0. The summed E-state index contributed by atoms with van der Waals surface area (Å²) in [7, 11) is 0. The van der Waals surface area contributed by atoms with Gasteiger partial charge in [0.05, 0.1) is 5.56 Å². The van der Waals surface area contributed by atoms with E-state index in [0.717, 1.165) is 25.0 Å². The van der Waals surface area contributed by atoms with Crippen molar-refractivity contribution in [2.75, 3.05) is 11.9 Å². The number of benzene rings is 1. The Balaban J connectivity index is 2.65. The lowest BCUT2D eigenvalue weighted by Crippen LogP contribution is -2.45. The molecule has 18 heavy (non-hydrogen) atoms. The van der Waals surface area contributed by atoms with Crippen molar-refractivity contribution in [1.82, 2.24) is 0 Å². The maximum Gasteiger partial charge on any atom is 0.416 e. The van der Waals surface area contributed by atoms with Crippen LogP contribution in [0.2, 0.25) is 0 Å². The van der Waals surface area contributed by atoms with E-state index >= 15 is 0 Å². The lowest BCUT2D eigenvalue weighted by molar-refractivity contribution is -0.137. The average Bonchev–Trinajstić information content (AvgIpc) is 2.35. The first kappa shape index (κ1) is 14.8. The molecule has 5 heteroatoms. The van der Waals surface area contributed by atoms with Crippen LogP contribution in [0.5, 0.6) is 0 Å². The van der Waals surface area contributed by atoms with Crippen LogP contribution in [0.15, 0.2) is 24.3 Å². The van der Waals surface area contributed by atoms with Crippen LogP contribution >= 0.6 is 0 Å². The third kappa shape index (κ3) is 3.91. The molecule has 102 valence electrons. The zero-order chi connectivity index (χ0) is 13.8. The monoisotopic (exact) mass is 260 g/mol. The highest BCUT2D eigenvalue weighted by molar-refractivity contribution is 5.45. The SMILES string of the molecule is CCC(N)(CC)CNc1ccc(C(F)(F)F)cc1. The highest BCUT2D eigenvalue weighted by Gasteiger charge is 2.30. The van der Waals surface area contributed by atoms with Crippen molar-refractivity contribution in [2.24, 2.45) is 5.73 Å². The lowest BCUT2D eigenvalue weighted by atomic mass is 9.94. The van der Waals surface area contributed by atoms with Gasteiger partial charge in [-0.2, -0.15) is 13.2 Å². The summed E-state index contributed by atoms with van der Waals surface area (Å²) in [6.07, 6.45) is -2.66. The zero-order valence-corrected chi connectivity index (χ0v) is 10.6. The van der Waals surface area contributed by atoms with E-state index in [9.17, 15) is 13.2 Å². The molecule has 0 saturated heterocycles. The third-order valence-electron chi connectivity index (χ3n) is 3.27. The fraction of sp³-hybridized carbons (Fsp3) is 0.538. The molecule has 0 atom stereocenters. The van der Waals surface area contributed by atoms with Gasteiger partial charge in [0.1, 0.15) is 0 Å². The van der Waals surface area contributed by atoms with Crippen molar-refractivity contribution in [1.29, 1.82) is 0 Å². The van der Waals surface area contributed by atoms with Crippen LogP contribution in [0.3, 0.4) is 0 Å². The van der Waals surface area contributed by atoms with E-state index in [1.165, 1.54) is 12.1 Å². The average molecular weight is 260 g/mol. The molecule has 1 rings (SSSR count). The van der Waals surface area contributed by atoms with Crippen LogP contribution < -0.4 is 11.1 Å². The normalized spacial score (nSPS) is 12.6. The Morgan fingerprint density at radius 3 is 1.94 bits per heavy atom. The van der Waals surface area contributed by atoms with E-state index in [-0.39, 0.29) is 5.54 Å². The van der Waals surface area contributed by atoms with E-state index in [1.54, 1.807) is 0 Å². The molecule has 0 aliphatic carbocycles. The summed E-state index contributed by atoms with van der Waals surface area (Å²) in [6.45, 7) is 4.54. The summed E-state index contributed by atoms with van der Waals surface area (Å²) < 4.78 is 37.1. The molecule has 0 heterocycles. The second-order valence-corrected chi connectivity index (χ2v) is 4.50. The highest BCUT2D eigenvalue weighted by atomic mass is 19.4. The van der Waals surface area contributed by atoms with Gasteiger partial charge in [0.25, 0.3) is 0 Å². The van der Waals surface area contributed by atoms with Crippen LogP contribution in [0.1, 0.15) is 32.3 Å². The van der Waals surface area contributed by atoms with Gasteiger partial charge in [-0.25, -0.2) is 0 Å². The van der Waals surface area contributed by atoms with E-state index in [4.69, 9.17) is 5.73 Å². The molecule has 0 aliphatic rings. The summed E-state index contributed by atoms with van der Waals surface area (Å²) in [5, 5.41) is 3.07. The van der Waals surface area contributed by atoms with Crippen molar-refractivity contribution in [3.8, 4) is 0 Å². The van der Waals surface area contributed by atoms with Gasteiger partial charge >= 0.3 is 6.18 Å². The predicted molar refractivity (Wildman–Crippen MR) is 67.4 cm³/mol. The van der Waals surface area contributed by atoms with E-state index < -0.39 is 11.7 Å². The van der Waals surface area contributed by atoms with E-state index in [1.807, 2.05) is 13.8 Å². The molecular formula is C13H19F3N2. The number of hydrogen-bond donors (Lipinski definition) is 2. The molecule has 0 saturated carbocycles. The first-order chi connectivity index (χ1) is 8.30. The third-order valence-corrected chi connectivity index (χ3v) is 3.27. The quantitative estimate of drug-likeness (QED) is 0.848. The largest absolute Gasteiger partial charge is 0.416 e. The van der Waals surface area contributed by atoms with Gasteiger partial charge in [0, 0.05) is 17.8 Å². The van der Waals surface area contributed by atoms with Crippen molar-refractivity contribution >= 4 is 5.69 Å². The van der Waals surface area contributed by atoms with Crippen molar-refractivity contribution in [3.63, 3.8) is 0 Å². The number of alkyl halides is 3. The minimum Gasteiger partial charge on any atom is -0.383 e. The Morgan fingerprint density at radius 2 is 1.56 bits per heavy atom. The van der Waals surface area contributed by atoms with E-state index in [0.29, 0.717) is 12.2 Å². The van der Waals surface area contributed by atoms with Gasteiger partial charge in [-0.1, -0.05) is 13.8 Å². The Bertz CT molecular complexity index is 367. The predicted octanol–water partition coefficient (Wildman–Crippen LogP) is 3.63. The molecule has 0 amide bonds. The molecule has 1 aromatic carbocycles. The first-order valence-corrected chi connectivity index (χ1v) is 6.01. The Hall–Kier alpha value is -1.23. The van der Waals surface area contributed by atoms with Crippen LogP contribution in [-0.4, -0.2) is 12.1 Å². The summed E-state index contributed by atoms with van der Waals surface area (Å²) >= 11 is 0. The Morgan fingerprint density at radius 1 is 1.06 bits per heavy atom. The summed E-state index contributed by atoms with van der Waals surface area (Å²) in [6, 6.07) is 4.99. The Kier molecular flexibility index (Phi) is 4.62. The van der Waals surface area contributed by atoms with Crippen molar-refractivity contribution in [2.45, 2.75) is 38.4 Å². The van der Waals surface area contributed by atoms with Crippen LogP contribution in [-0.2, 0) is 6.18 Å². The molecule has 0 aliphatic heterocycles. The van der Waals surface area contributed by atoms with Gasteiger partial charge in [-0.05, 0) is 37.1 Å². The molecule has 3 N–H and O–H groups in total. The Labute approximate surface area is 105 Å². The molecule has 1 aromatic rings. The van der Waals surface area contributed by atoms with Gasteiger partial charge in [-0.3, -0.25) is 0 Å². The maximum atomic E-state index is 12.4. The number of nitrogens with one attached hydrogen (secondary N) is 1. The molecule has 0 aromatic heterocycles. The second-order valence-electron chi connectivity index (χ2n) is 4.50. The molecule has 0 bridgehead atoms. The van der Waals surface area contributed by atoms with Crippen molar-refractivity contribution in [3.05, 3.63) is 29.8 Å². The van der Waals surface area contributed by atoms with Gasteiger partial charge in [0.15, 0.2) is 0 Å². The summed E-state index contributed by atoms with van der Waals surface area (Å²) in [4.78, 5) is 0. The van der Waals surface area contributed by atoms with Gasteiger partial charge in [-0.15, -0.1) is 0 Å². The minimum absolute atomic E-state index is 0.317. The lowest BCUT2D eigenvalue weighted by Gasteiger charge is -2.27. The smallest absolute Gasteiger partial charge is 0.383 e. The van der Waals surface area contributed by atoms with Crippen LogP contribution in [0.4, 0.5) is 18.9 Å². The van der Waals surface area contributed by atoms with Gasteiger partial charge in [0.2, 0.25) is 0 Å². The molecule has 0 spiro atoms. The molecule has 0 radical (unpaired) electrons. The van der Waals surface area contributed by atoms with Crippen molar-refractivity contribution < 1.29 is 13.2 Å². The minimum atomic E-state index is -4.29. The number of nitrogens with two attached hydrogens (primary N) is 1. The van der Waals surface area contributed by atoms with Crippen LogP contribution in [0, 0.1) is 0 Å². The molecule has 2 nitrogen and oxygen atoms in total. The van der Waals surface area contributed by atoms with E-state index in [2.05, 4.69) is 5.32 Å². The topological polar surface area (TPSA) is 38.0 Å².